The molecule has 5 heteroatoms. The molecule has 0 spiro atoms. The Bertz CT molecular complexity index is 538. The van der Waals surface area contributed by atoms with E-state index in [1.54, 1.807) is 12.1 Å². The number of carbonyl (C=O) groups excluding carboxylic acids is 1. The predicted octanol–water partition coefficient (Wildman–Crippen LogP) is 3.36. The molecular weight excluding hydrogens is 312 g/mol. The maximum Gasteiger partial charge on any atom is 0.224 e. The summed E-state index contributed by atoms with van der Waals surface area (Å²) >= 11 is 5.89. The molecule has 0 atom stereocenters. The van der Waals surface area contributed by atoms with Crippen LogP contribution in [0.25, 0.3) is 0 Å². The molecule has 1 aromatic carbocycles. The summed E-state index contributed by atoms with van der Waals surface area (Å²) in [4.78, 5) is 14.7. The molecule has 2 N–H and O–H groups in total. The molecule has 4 nitrogen and oxygen atoms in total. The number of likely N-dealkylation sites (tertiary alicyclic amines) is 1. The average Bonchev–Trinajstić information content (AvgIpc) is 2.70. The molecule has 1 heterocycles. The van der Waals surface area contributed by atoms with Crippen LogP contribution in [0, 0.1) is 0 Å². The Balaban J connectivity index is 1.88. The van der Waals surface area contributed by atoms with Crippen LogP contribution in [-0.2, 0) is 11.2 Å². The second-order valence-electron chi connectivity index (χ2n) is 7.08. The van der Waals surface area contributed by atoms with Crippen LogP contribution >= 0.6 is 11.6 Å². The van der Waals surface area contributed by atoms with Gasteiger partial charge in [-0.1, -0.05) is 30.5 Å². The van der Waals surface area contributed by atoms with E-state index in [4.69, 9.17) is 11.6 Å². The van der Waals surface area contributed by atoms with Gasteiger partial charge in [0, 0.05) is 12.1 Å². The predicted molar refractivity (Wildman–Crippen MR) is 94.0 cm³/mol. The summed E-state index contributed by atoms with van der Waals surface area (Å²) in [5.41, 5.74) is 0.540. The van der Waals surface area contributed by atoms with Gasteiger partial charge in [-0.05, 0) is 57.5 Å². The molecular formula is C18H27ClN2O2. The van der Waals surface area contributed by atoms with Crippen molar-refractivity contribution < 1.29 is 9.90 Å². The van der Waals surface area contributed by atoms with Gasteiger partial charge in [0.05, 0.1) is 11.4 Å². The van der Waals surface area contributed by atoms with E-state index < -0.39 is 0 Å². The number of phenols is 1. The first kappa shape index (κ1) is 18.1. The Morgan fingerprint density at radius 1 is 1.26 bits per heavy atom. The van der Waals surface area contributed by atoms with Crippen molar-refractivity contribution in [3.05, 3.63) is 28.8 Å². The molecule has 1 amide bonds. The van der Waals surface area contributed by atoms with Crippen molar-refractivity contribution in [1.29, 1.82) is 0 Å². The number of hydrogen-bond acceptors (Lipinski definition) is 3. The van der Waals surface area contributed by atoms with Crippen LogP contribution in [0.2, 0.25) is 5.02 Å². The van der Waals surface area contributed by atoms with Gasteiger partial charge in [-0.2, -0.15) is 0 Å². The minimum absolute atomic E-state index is 0.0217. The van der Waals surface area contributed by atoms with Gasteiger partial charge >= 0.3 is 0 Å². The van der Waals surface area contributed by atoms with E-state index in [-0.39, 0.29) is 28.6 Å². The highest BCUT2D eigenvalue weighted by molar-refractivity contribution is 6.32. The largest absolute Gasteiger partial charge is 0.506 e. The van der Waals surface area contributed by atoms with E-state index >= 15 is 0 Å². The number of benzene rings is 1. The van der Waals surface area contributed by atoms with Crippen LogP contribution in [0.15, 0.2) is 18.2 Å². The van der Waals surface area contributed by atoms with Gasteiger partial charge < -0.3 is 15.3 Å². The summed E-state index contributed by atoms with van der Waals surface area (Å²) in [6, 6.07) is 4.88. The highest BCUT2D eigenvalue weighted by Gasteiger charge is 2.24. The fourth-order valence-electron chi connectivity index (χ4n) is 3.16. The summed E-state index contributed by atoms with van der Waals surface area (Å²) in [5.74, 6) is 0.0175. The summed E-state index contributed by atoms with van der Waals surface area (Å²) in [6.07, 6.45) is 5.38. The number of nitrogens with zero attached hydrogens (tertiary/aromatic N) is 1. The van der Waals surface area contributed by atoms with Crippen molar-refractivity contribution in [1.82, 2.24) is 10.2 Å². The first-order valence-electron chi connectivity index (χ1n) is 8.36. The summed E-state index contributed by atoms with van der Waals surface area (Å²) in [7, 11) is 0. The second kappa shape index (κ2) is 8.02. The smallest absolute Gasteiger partial charge is 0.224 e. The zero-order valence-electron chi connectivity index (χ0n) is 14.1. The number of amides is 1. The van der Waals surface area contributed by atoms with Gasteiger partial charge in [0.15, 0.2) is 0 Å². The van der Waals surface area contributed by atoms with Gasteiger partial charge in [0.2, 0.25) is 5.91 Å². The molecule has 2 rings (SSSR count). The van der Waals surface area contributed by atoms with Gasteiger partial charge in [0.25, 0.3) is 0 Å². The lowest BCUT2D eigenvalue weighted by Crippen LogP contribution is -2.52. The van der Waals surface area contributed by atoms with Gasteiger partial charge in [-0.25, -0.2) is 0 Å². The Morgan fingerprint density at radius 3 is 2.52 bits per heavy atom. The highest BCUT2D eigenvalue weighted by atomic mass is 35.5. The van der Waals surface area contributed by atoms with E-state index in [2.05, 4.69) is 24.1 Å². The average molecular weight is 339 g/mol. The lowest BCUT2D eigenvalue weighted by atomic mass is 10.0. The fourth-order valence-corrected chi connectivity index (χ4v) is 3.36. The standard InChI is InChI=1S/C18H27ClN2O2/c1-18(2,13-21-9-5-3-4-6-10-21)20-17(23)12-14-7-8-16(22)15(19)11-14/h7-8,11,22H,3-6,9-10,12-13H2,1-2H3,(H,20,23). The Kier molecular flexibility index (Phi) is 6.31. The van der Waals surface area contributed by atoms with Crippen LogP contribution in [0.5, 0.6) is 5.75 Å². The summed E-state index contributed by atoms with van der Waals surface area (Å²) < 4.78 is 0. The Hall–Kier alpha value is -1.26. The molecule has 0 bridgehead atoms. The molecule has 0 radical (unpaired) electrons. The number of carbonyl (C=O) groups is 1. The van der Waals surface area contributed by atoms with Crippen molar-refractivity contribution in [2.75, 3.05) is 19.6 Å². The lowest BCUT2D eigenvalue weighted by molar-refractivity contribution is -0.122. The second-order valence-corrected chi connectivity index (χ2v) is 7.49. The molecule has 0 saturated carbocycles. The van der Waals surface area contributed by atoms with Crippen molar-refractivity contribution in [2.24, 2.45) is 0 Å². The minimum Gasteiger partial charge on any atom is -0.506 e. The number of hydrogen-bond donors (Lipinski definition) is 2. The summed E-state index contributed by atoms with van der Waals surface area (Å²) in [6.45, 7) is 7.24. The number of aromatic hydroxyl groups is 1. The van der Waals surface area contributed by atoms with Crippen molar-refractivity contribution >= 4 is 17.5 Å². The maximum atomic E-state index is 12.3. The monoisotopic (exact) mass is 338 g/mol. The third-order valence-corrected chi connectivity index (χ3v) is 4.47. The number of nitrogens with one attached hydrogen (secondary N) is 1. The van der Waals surface area contributed by atoms with E-state index in [0.29, 0.717) is 0 Å². The van der Waals surface area contributed by atoms with Gasteiger partial charge in [0.1, 0.15) is 5.75 Å². The quantitative estimate of drug-likeness (QED) is 0.865. The minimum atomic E-state index is -0.262. The van der Waals surface area contributed by atoms with Crippen molar-refractivity contribution in [2.45, 2.75) is 51.5 Å². The fraction of sp³-hybridized carbons (Fsp3) is 0.611. The van der Waals surface area contributed by atoms with Crippen molar-refractivity contribution in [3.63, 3.8) is 0 Å². The molecule has 0 aliphatic carbocycles. The normalized spacial score (nSPS) is 16.8. The van der Waals surface area contributed by atoms with E-state index in [1.165, 1.54) is 31.7 Å². The van der Waals surface area contributed by atoms with E-state index in [0.717, 1.165) is 25.2 Å². The molecule has 1 fully saturated rings. The number of halogens is 1. The zero-order chi connectivity index (χ0) is 16.9. The Morgan fingerprint density at radius 2 is 1.91 bits per heavy atom. The third-order valence-electron chi connectivity index (χ3n) is 4.17. The molecule has 128 valence electrons. The lowest BCUT2D eigenvalue weighted by Gasteiger charge is -2.33. The number of phenolic OH excluding ortho intramolecular Hbond substituents is 1. The van der Waals surface area contributed by atoms with Gasteiger partial charge in [-0.15, -0.1) is 0 Å². The Labute approximate surface area is 143 Å². The first-order chi connectivity index (χ1) is 10.9. The molecule has 1 aliphatic rings. The zero-order valence-corrected chi connectivity index (χ0v) is 14.8. The van der Waals surface area contributed by atoms with Crippen LogP contribution in [0.4, 0.5) is 0 Å². The van der Waals surface area contributed by atoms with Crippen LogP contribution in [0.3, 0.4) is 0 Å². The molecule has 1 saturated heterocycles. The van der Waals surface area contributed by atoms with E-state index in [9.17, 15) is 9.90 Å². The molecule has 0 unspecified atom stereocenters. The van der Waals surface area contributed by atoms with Gasteiger partial charge in [-0.3, -0.25) is 4.79 Å². The SMILES string of the molecule is CC(C)(CN1CCCCCC1)NC(=O)Cc1ccc(O)c(Cl)c1. The van der Waals surface area contributed by atoms with Crippen LogP contribution in [-0.4, -0.2) is 41.1 Å². The molecule has 1 aliphatic heterocycles. The van der Waals surface area contributed by atoms with Crippen LogP contribution in [0.1, 0.15) is 45.1 Å². The van der Waals surface area contributed by atoms with E-state index in [1.807, 2.05) is 0 Å². The number of rotatable bonds is 5. The highest BCUT2D eigenvalue weighted by Crippen LogP contribution is 2.24. The maximum absolute atomic E-state index is 12.3. The molecule has 1 aromatic rings. The van der Waals surface area contributed by atoms with Crippen molar-refractivity contribution in [3.8, 4) is 5.75 Å². The van der Waals surface area contributed by atoms with Crippen LogP contribution < -0.4 is 5.32 Å². The molecule has 0 aromatic heterocycles. The molecule has 23 heavy (non-hydrogen) atoms. The third kappa shape index (κ3) is 6.04. The summed E-state index contributed by atoms with van der Waals surface area (Å²) in [5, 5.41) is 12.8. The topological polar surface area (TPSA) is 52.6 Å². The first-order valence-corrected chi connectivity index (χ1v) is 8.74.